The van der Waals surface area contributed by atoms with Gasteiger partial charge in [0.15, 0.2) is 0 Å². The van der Waals surface area contributed by atoms with E-state index in [0.29, 0.717) is 51.5 Å². The van der Waals surface area contributed by atoms with Crippen LogP contribution in [0.15, 0.2) is 12.1 Å². The van der Waals surface area contributed by atoms with Crippen molar-refractivity contribution in [3.05, 3.63) is 39.7 Å². The number of likely N-dealkylation sites (tertiary alicyclic amines) is 1. The predicted octanol–water partition coefficient (Wildman–Crippen LogP) is 5.67. The van der Waals surface area contributed by atoms with Gasteiger partial charge in [0.25, 0.3) is 0 Å². The Morgan fingerprint density at radius 1 is 1.13 bits per heavy atom. The van der Waals surface area contributed by atoms with E-state index in [1.165, 1.54) is 17.4 Å². The van der Waals surface area contributed by atoms with Gasteiger partial charge in [-0.25, -0.2) is 9.37 Å². The molecule has 6 heterocycles. The summed E-state index contributed by atoms with van der Waals surface area (Å²) in [5, 5.41) is 22.2. The van der Waals surface area contributed by atoms with Gasteiger partial charge in [0, 0.05) is 66.0 Å². The second kappa shape index (κ2) is 10.9. The smallest absolute Gasteiger partial charge is 0.227 e. The number of aliphatic hydroxyl groups is 1. The lowest BCUT2D eigenvalue weighted by atomic mass is 9.90. The van der Waals surface area contributed by atoms with Crippen molar-refractivity contribution in [3.8, 4) is 17.2 Å². The first-order chi connectivity index (χ1) is 21.7. The number of benzene rings is 2. The van der Waals surface area contributed by atoms with Crippen molar-refractivity contribution in [1.82, 2.24) is 14.9 Å². The Kier molecular flexibility index (Phi) is 7.07. The van der Waals surface area contributed by atoms with E-state index in [4.69, 9.17) is 32.0 Å². The number of rotatable bonds is 5. The van der Waals surface area contributed by atoms with E-state index >= 15 is 4.39 Å². The molecule has 4 unspecified atom stereocenters. The number of ether oxygens (including phenoxy) is 1. The maximum absolute atomic E-state index is 16.0. The molecule has 12 heteroatoms. The van der Waals surface area contributed by atoms with Crippen LogP contribution in [0.4, 0.5) is 21.2 Å². The Labute approximate surface area is 270 Å². The fourth-order valence-corrected chi connectivity index (χ4v) is 9.38. The molecule has 0 aliphatic carbocycles. The van der Waals surface area contributed by atoms with Crippen LogP contribution in [0.2, 0.25) is 5.02 Å². The van der Waals surface area contributed by atoms with Crippen LogP contribution in [0.1, 0.15) is 49.8 Å². The third-order valence-corrected chi connectivity index (χ3v) is 11.3. The molecule has 4 aliphatic rings. The number of thiophene rings is 1. The van der Waals surface area contributed by atoms with Crippen LogP contribution < -0.4 is 15.5 Å². The molecule has 2 aromatic carbocycles. The summed E-state index contributed by atoms with van der Waals surface area (Å²) in [4.78, 5) is 17.5. The second-order valence-corrected chi connectivity index (χ2v) is 14.6. The Morgan fingerprint density at radius 3 is 2.58 bits per heavy atom. The number of anilines is 3. The molecule has 3 fully saturated rings. The highest BCUT2D eigenvalue weighted by atomic mass is 35.5. The lowest BCUT2D eigenvalue weighted by molar-refractivity contribution is 0.111. The van der Waals surface area contributed by atoms with Gasteiger partial charge in [-0.05, 0) is 55.4 Å². The normalized spacial score (nSPS) is 23.8. The molecule has 0 saturated carbocycles. The molecule has 0 amide bonds. The van der Waals surface area contributed by atoms with Crippen LogP contribution in [-0.4, -0.2) is 70.9 Å². The lowest BCUT2D eigenvalue weighted by Crippen LogP contribution is -2.55. The number of aromatic nitrogens is 2. The highest BCUT2D eigenvalue weighted by Gasteiger charge is 2.43. The van der Waals surface area contributed by atoms with Crippen molar-refractivity contribution >= 4 is 60.7 Å². The van der Waals surface area contributed by atoms with Gasteiger partial charge in [-0.1, -0.05) is 18.5 Å². The molecule has 2 bridgehead atoms. The molecular formula is C33H35ClFN7O2S. The van der Waals surface area contributed by atoms with E-state index in [1.807, 2.05) is 6.92 Å². The van der Waals surface area contributed by atoms with Crippen molar-refractivity contribution in [2.24, 2.45) is 5.92 Å². The van der Waals surface area contributed by atoms with Crippen LogP contribution in [-0.2, 0) is 18.0 Å². The zero-order chi connectivity index (χ0) is 31.1. The number of piperazine rings is 1. The van der Waals surface area contributed by atoms with E-state index in [0.717, 1.165) is 72.5 Å². The van der Waals surface area contributed by atoms with Crippen LogP contribution in [0.5, 0.6) is 0 Å². The third kappa shape index (κ3) is 4.56. The fraction of sp³-hybridized carbons (Fsp3) is 0.485. The van der Waals surface area contributed by atoms with E-state index in [-0.39, 0.29) is 35.9 Å². The van der Waals surface area contributed by atoms with Gasteiger partial charge < -0.3 is 25.4 Å². The first-order valence-corrected chi connectivity index (χ1v) is 16.9. The molecule has 3 N–H and O–H groups in total. The molecule has 45 heavy (non-hydrogen) atoms. The number of β-amino-alcohol motifs (C(OH)–C–C–N with tert-alkyl or cyclic N) is 1. The van der Waals surface area contributed by atoms with Crippen LogP contribution in [0.25, 0.3) is 32.1 Å². The number of nitrogen functional groups attached to an aromatic ring is 1. The topological polar surface area (TPSA) is 115 Å². The molecule has 234 valence electrons. The van der Waals surface area contributed by atoms with E-state index in [2.05, 4.69) is 27.7 Å². The average molecular weight is 648 g/mol. The summed E-state index contributed by atoms with van der Waals surface area (Å²) in [5.74, 6) is 1.55. The summed E-state index contributed by atoms with van der Waals surface area (Å²) >= 11 is 8.70. The first-order valence-electron chi connectivity index (χ1n) is 15.7. The highest BCUT2D eigenvalue weighted by Crippen LogP contribution is 2.51. The van der Waals surface area contributed by atoms with E-state index in [9.17, 15) is 10.4 Å². The fourth-order valence-electron chi connectivity index (χ4n) is 8.10. The maximum atomic E-state index is 16.0. The standard InChI is InChI=1S/C33H35ClFN7O2S/c1-16-7-8-41(10-16)33-38-30-27(32(39-33)42-18-3-4-19(42)13-40(12-18)11-17(2)43)22-15-44-14-21(22)26(29(30)34)28-23(35)5-6-24-25(28)20(9-36)31(37)45-24/h5-6,16-19,43H,3-4,7-8,10-15,37H2,1-2H3. The minimum atomic E-state index is -0.470. The van der Waals surface area contributed by atoms with Gasteiger partial charge in [-0.3, -0.25) is 4.90 Å². The number of hydrogen-bond acceptors (Lipinski definition) is 10. The van der Waals surface area contributed by atoms with Crippen LogP contribution in [0, 0.1) is 23.1 Å². The molecule has 4 aromatic rings. The van der Waals surface area contributed by atoms with Gasteiger partial charge in [-0.2, -0.15) is 10.2 Å². The largest absolute Gasteiger partial charge is 0.392 e. The van der Waals surface area contributed by atoms with Crippen molar-refractivity contribution in [3.63, 3.8) is 0 Å². The summed E-state index contributed by atoms with van der Waals surface area (Å²) in [6.45, 7) is 8.71. The van der Waals surface area contributed by atoms with Crippen LogP contribution >= 0.6 is 22.9 Å². The Bertz CT molecular complexity index is 1890. The maximum Gasteiger partial charge on any atom is 0.227 e. The van der Waals surface area contributed by atoms with Crippen molar-refractivity contribution in [2.45, 2.75) is 64.5 Å². The third-order valence-electron chi connectivity index (χ3n) is 9.99. The monoisotopic (exact) mass is 647 g/mol. The summed E-state index contributed by atoms with van der Waals surface area (Å²) in [5.41, 5.74) is 9.60. The van der Waals surface area contributed by atoms with Gasteiger partial charge in [-0.15, -0.1) is 11.3 Å². The number of nitrogens with zero attached hydrogens (tertiary/aromatic N) is 6. The van der Waals surface area contributed by atoms with Gasteiger partial charge in [0.2, 0.25) is 5.95 Å². The number of hydrogen-bond donors (Lipinski definition) is 2. The molecule has 0 spiro atoms. The second-order valence-electron chi connectivity index (χ2n) is 13.2. The SMILES string of the molecule is CC(O)CN1CC2CCC(C1)N2c1nc(N2CCC(C)C2)nc2c(Cl)c(-c3c(F)ccc4sc(N)c(C#N)c34)c3c(c12)COC3. The molecule has 4 aliphatic heterocycles. The molecule has 2 aromatic heterocycles. The van der Waals surface area contributed by atoms with E-state index in [1.54, 1.807) is 6.07 Å². The Morgan fingerprint density at radius 2 is 1.89 bits per heavy atom. The quantitative estimate of drug-likeness (QED) is 0.283. The number of nitriles is 1. The number of halogens is 2. The Balaban J connectivity index is 1.40. The van der Waals surface area contributed by atoms with Crippen molar-refractivity contribution < 1.29 is 14.2 Å². The summed E-state index contributed by atoms with van der Waals surface area (Å²) in [7, 11) is 0. The number of nitrogens with two attached hydrogens (primary N) is 1. The van der Waals surface area contributed by atoms with Gasteiger partial charge in [0.1, 0.15) is 22.7 Å². The zero-order valence-electron chi connectivity index (χ0n) is 25.3. The van der Waals surface area contributed by atoms with Gasteiger partial charge >= 0.3 is 0 Å². The summed E-state index contributed by atoms with van der Waals surface area (Å²) in [6, 6.07) is 5.76. The van der Waals surface area contributed by atoms with Crippen molar-refractivity contribution in [1.29, 1.82) is 5.26 Å². The summed E-state index contributed by atoms with van der Waals surface area (Å²) < 4.78 is 22.8. The summed E-state index contributed by atoms with van der Waals surface area (Å²) in [6.07, 6.45) is 2.75. The van der Waals surface area contributed by atoms with Crippen molar-refractivity contribution in [2.75, 3.05) is 48.3 Å². The average Bonchev–Trinajstić information content (AvgIpc) is 3.78. The van der Waals surface area contributed by atoms with Gasteiger partial charge in [0.05, 0.1) is 40.8 Å². The molecule has 8 rings (SSSR count). The van der Waals surface area contributed by atoms with Crippen LogP contribution in [0.3, 0.4) is 0 Å². The molecule has 4 atom stereocenters. The Hall–Kier alpha value is -3.27. The minimum absolute atomic E-state index is 0.237. The highest BCUT2D eigenvalue weighted by molar-refractivity contribution is 7.23. The minimum Gasteiger partial charge on any atom is -0.392 e. The number of aliphatic hydroxyl groups excluding tert-OH is 1. The predicted molar refractivity (Wildman–Crippen MR) is 176 cm³/mol. The zero-order valence-corrected chi connectivity index (χ0v) is 26.9. The molecule has 0 radical (unpaired) electrons. The first kappa shape index (κ1) is 29.2. The lowest BCUT2D eigenvalue weighted by Gasteiger charge is -2.43. The number of fused-ring (bicyclic) bond motifs is 6. The molecular weight excluding hydrogens is 613 g/mol. The molecule has 3 saturated heterocycles. The van der Waals surface area contributed by atoms with E-state index < -0.39 is 5.82 Å². The molecule has 9 nitrogen and oxygen atoms in total.